The van der Waals surface area contributed by atoms with Crippen LogP contribution in [0.2, 0.25) is 0 Å². The third-order valence-electron chi connectivity index (χ3n) is 2.91. The van der Waals surface area contributed by atoms with Gasteiger partial charge in [-0.2, -0.15) is 5.10 Å². The van der Waals surface area contributed by atoms with Crippen LogP contribution in [0.4, 0.5) is 5.13 Å². The van der Waals surface area contributed by atoms with Crippen LogP contribution in [-0.4, -0.2) is 11.2 Å². The number of aromatic nitrogens is 1. The van der Waals surface area contributed by atoms with E-state index < -0.39 is 0 Å². The number of ether oxygens (including phenoxy) is 1. The summed E-state index contributed by atoms with van der Waals surface area (Å²) in [5, 5.41) is 6.83. The van der Waals surface area contributed by atoms with Gasteiger partial charge in [0.05, 0.1) is 6.21 Å². The highest BCUT2D eigenvalue weighted by molar-refractivity contribution is 7.13. The van der Waals surface area contributed by atoms with Gasteiger partial charge < -0.3 is 4.74 Å². The van der Waals surface area contributed by atoms with Crippen LogP contribution in [0.5, 0.6) is 5.75 Å². The van der Waals surface area contributed by atoms with Crippen molar-refractivity contribution in [3.8, 4) is 5.75 Å². The second kappa shape index (κ2) is 7.38. The van der Waals surface area contributed by atoms with Gasteiger partial charge in [-0.25, -0.2) is 4.98 Å². The van der Waals surface area contributed by atoms with Crippen LogP contribution in [0.1, 0.15) is 11.1 Å². The molecule has 0 unspecified atom stereocenters. The van der Waals surface area contributed by atoms with Crippen molar-refractivity contribution in [1.29, 1.82) is 0 Å². The molecule has 0 radical (unpaired) electrons. The lowest BCUT2D eigenvalue weighted by Crippen LogP contribution is -1.96. The van der Waals surface area contributed by atoms with Crippen molar-refractivity contribution in [1.82, 2.24) is 4.98 Å². The lowest BCUT2D eigenvalue weighted by Gasteiger charge is -2.06. The quantitative estimate of drug-likeness (QED) is 0.549. The van der Waals surface area contributed by atoms with Crippen molar-refractivity contribution in [2.24, 2.45) is 5.10 Å². The van der Waals surface area contributed by atoms with Crippen molar-refractivity contribution in [3.63, 3.8) is 0 Å². The van der Waals surface area contributed by atoms with Crippen LogP contribution in [0.25, 0.3) is 0 Å². The zero-order valence-electron chi connectivity index (χ0n) is 11.8. The first-order chi connectivity index (χ1) is 10.9. The SMILES string of the molecule is C(=N\Nc1nccs1)/c1cccc(OCc2ccccc2)c1. The Morgan fingerprint density at radius 3 is 2.86 bits per heavy atom. The molecule has 110 valence electrons. The lowest BCUT2D eigenvalue weighted by atomic mass is 10.2. The van der Waals surface area contributed by atoms with E-state index in [9.17, 15) is 0 Å². The minimum Gasteiger partial charge on any atom is -0.489 e. The predicted molar refractivity (Wildman–Crippen MR) is 90.5 cm³/mol. The fourth-order valence-electron chi connectivity index (χ4n) is 1.87. The Morgan fingerprint density at radius 2 is 2.05 bits per heavy atom. The van der Waals surface area contributed by atoms with E-state index >= 15 is 0 Å². The lowest BCUT2D eigenvalue weighted by molar-refractivity contribution is 0.306. The first-order valence-electron chi connectivity index (χ1n) is 6.85. The molecule has 0 atom stereocenters. The first-order valence-corrected chi connectivity index (χ1v) is 7.73. The average Bonchev–Trinajstić information content (AvgIpc) is 3.08. The van der Waals surface area contributed by atoms with E-state index in [0.29, 0.717) is 6.61 Å². The van der Waals surface area contributed by atoms with Gasteiger partial charge in [0.15, 0.2) is 0 Å². The van der Waals surface area contributed by atoms with Crippen LogP contribution in [0.3, 0.4) is 0 Å². The molecule has 22 heavy (non-hydrogen) atoms. The number of hydrazone groups is 1. The maximum absolute atomic E-state index is 5.79. The normalized spacial score (nSPS) is 10.7. The molecule has 0 saturated carbocycles. The number of hydrogen-bond donors (Lipinski definition) is 1. The fraction of sp³-hybridized carbons (Fsp3) is 0.0588. The third kappa shape index (κ3) is 4.17. The number of anilines is 1. The topological polar surface area (TPSA) is 46.5 Å². The van der Waals surface area contributed by atoms with Crippen molar-refractivity contribution in [2.75, 3.05) is 5.43 Å². The molecule has 1 N–H and O–H groups in total. The Morgan fingerprint density at radius 1 is 1.14 bits per heavy atom. The van der Waals surface area contributed by atoms with E-state index in [2.05, 4.69) is 15.5 Å². The molecule has 3 rings (SSSR count). The fourth-order valence-corrected chi connectivity index (χ4v) is 2.34. The minimum absolute atomic E-state index is 0.554. The zero-order valence-corrected chi connectivity index (χ0v) is 12.7. The Bertz CT molecular complexity index is 727. The van der Waals surface area contributed by atoms with Crippen molar-refractivity contribution >= 4 is 22.7 Å². The molecule has 0 bridgehead atoms. The van der Waals surface area contributed by atoms with E-state index in [1.165, 1.54) is 11.3 Å². The summed E-state index contributed by atoms with van der Waals surface area (Å²) in [7, 11) is 0. The van der Waals surface area contributed by atoms with E-state index in [0.717, 1.165) is 22.0 Å². The largest absolute Gasteiger partial charge is 0.489 e. The summed E-state index contributed by atoms with van der Waals surface area (Å²) >= 11 is 1.51. The maximum Gasteiger partial charge on any atom is 0.203 e. The van der Waals surface area contributed by atoms with Gasteiger partial charge in [-0.15, -0.1) is 11.3 Å². The molecule has 5 heteroatoms. The number of rotatable bonds is 6. The Labute approximate surface area is 133 Å². The van der Waals surface area contributed by atoms with Gasteiger partial charge in [0.1, 0.15) is 12.4 Å². The van der Waals surface area contributed by atoms with E-state index in [1.54, 1.807) is 12.4 Å². The van der Waals surface area contributed by atoms with Gasteiger partial charge in [-0.1, -0.05) is 42.5 Å². The summed E-state index contributed by atoms with van der Waals surface area (Å²) in [5.41, 5.74) is 5.00. The molecule has 0 fully saturated rings. The van der Waals surface area contributed by atoms with Gasteiger partial charge in [0.2, 0.25) is 5.13 Å². The van der Waals surface area contributed by atoms with Crippen LogP contribution in [-0.2, 0) is 6.61 Å². The average molecular weight is 309 g/mol. The minimum atomic E-state index is 0.554. The van der Waals surface area contributed by atoms with Gasteiger partial charge in [0.25, 0.3) is 0 Å². The third-order valence-corrected chi connectivity index (χ3v) is 3.59. The Kier molecular flexibility index (Phi) is 4.79. The highest BCUT2D eigenvalue weighted by Gasteiger charge is 1.97. The van der Waals surface area contributed by atoms with Crippen molar-refractivity contribution < 1.29 is 4.74 Å². The molecule has 4 nitrogen and oxygen atoms in total. The molecule has 1 aromatic heterocycles. The van der Waals surface area contributed by atoms with Gasteiger partial charge in [-0.05, 0) is 23.3 Å². The number of thiazole rings is 1. The van der Waals surface area contributed by atoms with Crippen LogP contribution < -0.4 is 10.2 Å². The maximum atomic E-state index is 5.79. The molecule has 0 aliphatic rings. The van der Waals surface area contributed by atoms with Crippen LogP contribution in [0.15, 0.2) is 71.3 Å². The molecular weight excluding hydrogens is 294 g/mol. The summed E-state index contributed by atoms with van der Waals surface area (Å²) in [6.45, 7) is 0.554. The van der Waals surface area contributed by atoms with Crippen LogP contribution >= 0.6 is 11.3 Å². The molecule has 2 aromatic carbocycles. The van der Waals surface area contributed by atoms with Gasteiger partial charge in [-0.3, -0.25) is 5.43 Å². The van der Waals surface area contributed by atoms with E-state index in [1.807, 2.05) is 60.0 Å². The van der Waals surface area contributed by atoms with Crippen molar-refractivity contribution in [3.05, 3.63) is 77.3 Å². The summed E-state index contributed by atoms with van der Waals surface area (Å²) in [6.07, 6.45) is 3.48. The van der Waals surface area contributed by atoms with E-state index in [4.69, 9.17) is 4.74 Å². The molecule has 1 heterocycles. The number of benzene rings is 2. The summed E-state index contributed by atoms with van der Waals surface area (Å²) in [5.74, 6) is 0.821. The van der Waals surface area contributed by atoms with Gasteiger partial charge in [0, 0.05) is 11.6 Å². The van der Waals surface area contributed by atoms with Crippen molar-refractivity contribution in [2.45, 2.75) is 6.61 Å². The molecule has 0 aliphatic carbocycles. The predicted octanol–water partition coefficient (Wildman–Crippen LogP) is 4.17. The second-order valence-electron chi connectivity index (χ2n) is 4.55. The second-order valence-corrected chi connectivity index (χ2v) is 5.45. The standard InChI is InChI=1S/C17H15N3OS/c1-2-5-14(6-3-1)13-21-16-8-4-7-15(11-16)12-19-20-17-18-9-10-22-17/h1-12H,13H2,(H,18,20)/b19-12+. The molecule has 0 amide bonds. The summed E-state index contributed by atoms with van der Waals surface area (Å²) in [4.78, 5) is 4.10. The molecule has 0 saturated heterocycles. The first kappa shape index (κ1) is 14.3. The van der Waals surface area contributed by atoms with E-state index in [-0.39, 0.29) is 0 Å². The summed E-state index contributed by atoms with van der Waals surface area (Å²) in [6, 6.07) is 17.9. The number of hydrogen-bond acceptors (Lipinski definition) is 5. The zero-order chi connectivity index (χ0) is 15.0. The number of nitrogens with one attached hydrogen (secondary N) is 1. The number of nitrogens with zero attached hydrogens (tertiary/aromatic N) is 2. The van der Waals surface area contributed by atoms with Gasteiger partial charge >= 0.3 is 0 Å². The monoisotopic (exact) mass is 309 g/mol. The molecule has 0 aliphatic heterocycles. The highest BCUT2D eigenvalue weighted by atomic mass is 32.1. The summed E-state index contributed by atoms with van der Waals surface area (Å²) < 4.78 is 5.79. The molecule has 3 aromatic rings. The highest BCUT2D eigenvalue weighted by Crippen LogP contribution is 2.15. The Balaban J connectivity index is 1.58. The molecule has 0 spiro atoms. The van der Waals surface area contributed by atoms with Crippen LogP contribution in [0, 0.1) is 0 Å². The molecular formula is C17H15N3OS. The Hall–Kier alpha value is -2.66. The smallest absolute Gasteiger partial charge is 0.203 e.